The summed E-state index contributed by atoms with van der Waals surface area (Å²) >= 11 is 3.47. The number of hydrogen-bond acceptors (Lipinski definition) is 2. The standard InChI is InChI=1S/C15H24BrNO/c1-3-17-12-14(9-10-18-4-2)11-13-5-7-15(16)8-6-13/h5-8,14,17H,3-4,9-12H2,1-2H3. The molecule has 0 aliphatic carbocycles. The molecule has 0 aromatic heterocycles. The number of benzene rings is 1. The topological polar surface area (TPSA) is 21.3 Å². The Morgan fingerprint density at radius 3 is 2.56 bits per heavy atom. The predicted molar refractivity (Wildman–Crippen MR) is 81.0 cm³/mol. The lowest BCUT2D eigenvalue weighted by Crippen LogP contribution is -2.25. The third-order valence-electron chi connectivity index (χ3n) is 3.00. The fourth-order valence-corrected chi connectivity index (χ4v) is 2.24. The molecular formula is C15H24BrNO. The number of rotatable bonds is 9. The average Bonchev–Trinajstić information content (AvgIpc) is 2.38. The molecule has 0 heterocycles. The first-order chi connectivity index (χ1) is 8.76. The maximum absolute atomic E-state index is 5.47. The van der Waals surface area contributed by atoms with Gasteiger partial charge in [0.05, 0.1) is 0 Å². The van der Waals surface area contributed by atoms with Crippen molar-refractivity contribution < 1.29 is 4.74 Å². The van der Waals surface area contributed by atoms with Crippen LogP contribution in [0.15, 0.2) is 28.7 Å². The van der Waals surface area contributed by atoms with Crippen LogP contribution in [0.25, 0.3) is 0 Å². The molecule has 102 valence electrons. The number of halogens is 1. The maximum atomic E-state index is 5.47. The van der Waals surface area contributed by atoms with Crippen LogP contribution in [-0.2, 0) is 11.2 Å². The molecule has 18 heavy (non-hydrogen) atoms. The molecule has 0 aliphatic heterocycles. The van der Waals surface area contributed by atoms with E-state index in [-0.39, 0.29) is 0 Å². The molecule has 0 fully saturated rings. The maximum Gasteiger partial charge on any atom is 0.0469 e. The van der Waals surface area contributed by atoms with Gasteiger partial charge >= 0.3 is 0 Å². The summed E-state index contributed by atoms with van der Waals surface area (Å²) in [6, 6.07) is 8.62. The van der Waals surface area contributed by atoms with E-state index in [1.54, 1.807) is 0 Å². The highest BCUT2D eigenvalue weighted by Gasteiger charge is 2.09. The van der Waals surface area contributed by atoms with Gasteiger partial charge in [-0.2, -0.15) is 0 Å². The molecule has 1 rings (SSSR count). The van der Waals surface area contributed by atoms with Gasteiger partial charge in [-0.1, -0.05) is 35.0 Å². The molecule has 0 bridgehead atoms. The second-order valence-corrected chi connectivity index (χ2v) is 5.41. The van der Waals surface area contributed by atoms with Crippen LogP contribution in [-0.4, -0.2) is 26.3 Å². The molecule has 0 amide bonds. The van der Waals surface area contributed by atoms with Gasteiger partial charge in [0.25, 0.3) is 0 Å². The zero-order valence-electron chi connectivity index (χ0n) is 11.4. The molecule has 0 saturated heterocycles. The average molecular weight is 314 g/mol. The lowest BCUT2D eigenvalue weighted by Gasteiger charge is -2.17. The molecule has 1 aromatic carbocycles. The van der Waals surface area contributed by atoms with Crippen molar-refractivity contribution >= 4 is 15.9 Å². The van der Waals surface area contributed by atoms with Crippen molar-refractivity contribution in [2.45, 2.75) is 26.7 Å². The van der Waals surface area contributed by atoms with Crippen molar-refractivity contribution in [2.75, 3.05) is 26.3 Å². The van der Waals surface area contributed by atoms with E-state index in [4.69, 9.17) is 4.74 Å². The largest absolute Gasteiger partial charge is 0.382 e. The van der Waals surface area contributed by atoms with Gasteiger partial charge in [0.15, 0.2) is 0 Å². The van der Waals surface area contributed by atoms with Crippen LogP contribution in [0.2, 0.25) is 0 Å². The quantitative estimate of drug-likeness (QED) is 0.703. The number of ether oxygens (including phenoxy) is 1. The van der Waals surface area contributed by atoms with Crippen LogP contribution >= 0.6 is 15.9 Å². The van der Waals surface area contributed by atoms with Crippen LogP contribution in [0.5, 0.6) is 0 Å². The van der Waals surface area contributed by atoms with Crippen LogP contribution in [0, 0.1) is 5.92 Å². The third-order valence-corrected chi connectivity index (χ3v) is 3.52. The van der Waals surface area contributed by atoms with Gasteiger partial charge in [0.1, 0.15) is 0 Å². The summed E-state index contributed by atoms with van der Waals surface area (Å²) in [7, 11) is 0. The van der Waals surface area contributed by atoms with E-state index in [2.05, 4.69) is 52.4 Å². The van der Waals surface area contributed by atoms with Crippen molar-refractivity contribution in [3.05, 3.63) is 34.3 Å². The highest BCUT2D eigenvalue weighted by Crippen LogP contribution is 2.15. The lowest BCUT2D eigenvalue weighted by molar-refractivity contribution is 0.131. The fourth-order valence-electron chi connectivity index (χ4n) is 1.97. The van der Waals surface area contributed by atoms with E-state index in [9.17, 15) is 0 Å². The Kier molecular flexibility index (Phi) is 8.31. The van der Waals surface area contributed by atoms with Gasteiger partial charge in [-0.3, -0.25) is 0 Å². The van der Waals surface area contributed by atoms with Gasteiger partial charge < -0.3 is 10.1 Å². The summed E-state index contributed by atoms with van der Waals surface area (Å²) in [6.45, 7) is 7.98. The zero-order valence-corrected chi connectivity index (χ0v) is 13.0. The highest BCUT2D eigenvalue weighted by atomic mass is 79.9. The molecule has 3 heteroatoms. The second kappa shape index (κ2) is 9.54. The first kappa shape index (κ1) is 15.7. The van der Waals surface area contributed by atoms with Crippen molar-refractivity contribution in [3.63, 3.8) is 0 Å². The minimum Gasteiger partial charge on any atom is -0.382 e. The monoisotopic (exact) mass is 313 g/mol. The van der Waals surface area contributed by atoms with Gasteiger partial charge in [-0.15, -0.1) is 0 Å². The summed E-state index contributed by atoms with van der Waals surface area (Å²) in [4.78, 5) is 0. The lowest BCUT2D eigenvalue weighted by atomic mass is 9.96. The van der Waals surface area contributed by atoms with Crippen LogP contribution in [0.4, 0.5) is 0 Å². The van der Waals surface area contributed by atoms with Gasteiger partial charge in [-0.25, -0.2) is 0 Å². The summed E-state index contributed by atoms with van der Waals surface area (Å²) in [6.07, 6.45) is 2.24. The molecular weight excluding hydrogens is 290 g/mol. The normalized spacial score (nSPS) is 12.6. The molecule has 0 radical (unpaired) electrons. The van der Waals surface area contributed by atoms with Crippen molar-refractivity contribution in [3.8, 4) is 0 Å². The van der Waals surface area contributed by atoms with E-state index in [1.165, 1.54) is 5.56 Å². The van der Waals surface area contributed by atoms with E-state index in [0.717, 1.165) is 43.6 Å². The molecule has 0 saturated carbocycles. The van der Waals surface area contributed by atoms with Crippen molar-refractivity contribution in [1.29, 1.82) is 0 Å². The van der Waals surface area contributed by atoms with Crippen LogP contribution in [0.3, 0.4) is 0 Å². The minimum atomic E-state index is 0.651. The molecule has 1 N–H and O–H groups in total. The first-order valence-corrected chi connectivity index (χ1v) is 7.58. The number of hydrogen-bond donors (Lipinski definition) is 1. The first-order valence-electron chi connectivity index (χ1n) is 6.79. The molecule has 0 spiro atoms. The Labute approximate surface area is 119 Å². The van der Waals surface area contributed by atoms with Crippen molar-refractivity contribution in [2.24, 2.45) is 5.92 Å². The molecule has 0 aliphatic rings. The van der Waals surface area contributed by atoms with E-state index >= 15 is 0 Å². The molecule has 1 aromatic rings. The summed E-state index contributed by atoms with van der Waals surface area (Å²) in [5.74, 6) is 0.651. The Bertz CT molecular complexity index is 313. The second-order valence-electron chi connectivity index (χ2n) is 4.49. The fraction of sp³-hybridized carbons (Fsp3) is 0.600. The molecule has 1 unspecified atom stereocenters. The van der Waals surface area contributed by atoms with E-state index < -0.39 is 0 Å². The molecule has 1 atom stereocenters. The van der Waals surface area contributed by atoms with E-state index in [1.807, 2.05) is 6.92 Å². The third kappa shape index (κ3) is 6.53. The van der Waals surface area contributed by atoms with Gasteiger partial charge in [0.2, 0.25) is 0 Å². The van der Waals surface area contributed by atoms with Crippen molar-refractivity contribution in [1.82, 2.24) is 5.32 Å². The minimum absolute atomic E-state index is 0.651. The van der Waals surface area contributed by atoms with Gasteiger partial charge in [-0.05, 0) is 56.5 Å². The van der Waals surface area contributed by atoms with Crippen LogP contribution < -0.4 is 5.32 Å². The molecule has 2 nitrogen and oxygen atoms in total. The van der Waals surface area contributed by atoms with E-state index in [0.29, 0.717) is 5.92 Å². The highest BCUT2D eigenvalue weighted by molar-refractivity contribution is 9.10. The summed E-state index contributed by atoms with van der Waals surface area (Å²) in [5.41, 5.74) is 1.40. The smallest absolute Gasteiger partial charge is 0.0469 e. The Morgan fingerprint density at radius 1 is 1.22 bits per heavy atom. The Morgan fingerprint density at radius 2 is 1.94 bits per heavy atom. The van der Waals surface area contributed by atoms with Gasteiger partial charge in [0, 0.05) is 17.7 Å². The summed E-state index contributed by atoms with van der Waals surface area (Å²) < 4.78 is 6.61. The predicted octanol–water partition coefficient (Wildman–Crippen LogP) is 3.64. The van der Waals surface area contributed by atoms with Crippen LogP contribution in [0.1, 0.15) is 25.8 Å². The zero-order chi connectivity index (χ0) is 13.2. The number of nitrogens with one attached hydrogen (secondary N) is 1. The Balaban J connectivity index is 2.45. The Hall–Kier alpha value is -0.380. The SMILES string of the molecule is CCNCC(CCOCC)Cc1ccc(Br)cc1. The summed E-state index contributed by atoms with van der Waals surface area (Å²) in [5, 5.41) is 3.44.